The van der Waals surface area contributed by atoms with Gasteiger partial charge in [0, 0.05) is 11.8 Å². The topological polar surface area (TPSA) is 53.4 Å². The lowest BCUT2D eigenvalue weighted by molar-refractivity contribution is 0.426. The van der Waals surface area contributed by atoms with Gasteiger partial charge >= 0.3 is 7.12 Å². The quantitative estimate of drug-likeness (QED) is 0.575. The first-order valence-electron chi connectivity index (χ1n) is 6.62. The third-order valence-electron chi connectivity index (χ3n) is 3.40. The Morgan fingerprint density at radius 2 is 1.76 bits per heavy atom. The van der Waals surface area contributed by atoms with Crippen LogP contribution >= 0.6 is 11.6 Å². The Balaban J connectivity index is 2.04. The van der Waals surface area contributed by atoms with Crippen LogP contribution in [0.2, 0.25) is 5.15 Å². The number of hydrogen-bond acceptors (Lipinski definition) is 3. The van der Waals surface area contributed by atoms with E-state index in [1.165, 1.54) is 0 Å². The number of pyridine rings is 1. The molecular formula is C16H13BClNO2. The lowest BCUT2D eigenvalue weighted by Gasteiger charge is -2.08. The molecule has 0 saturated heterocycles. The summed E-state index contributed by atoms with van der Waals surface area (Å²) in [4.78, 5) is 4.37. The zero-order valence-electron chi connectivity index (χ0n) is 11.2. The van der Waals surface area contributed by atoms with E-state index >= 15 is 0 Å². The molecule has 2 N–H and O–H groups in total. The molecule has 0 aliphatic carbocycles. The van der Waals surface area contributed by atoms with E-state index in [-0.39, 0.29) is 0 Å². The normalized spacial score (nSPS) is 10.8. The summed E-state index contributed by atoms with van der Waals surface area (Å²) in [7, 11) is -1.48. The predicted molar refractivity (Wildman–Crippen MR) is 85.8 cm³/mol. The standard InChI is InChI=1S/C16H13BClNO2/c18-16-13(8-11-4-2-1-3-5-11)9-12-10-14(17(20)21)6-7-15(12)19-16/h1-7,9-10,20-21H,8H2. The summed E-state index contributed by atoms with van der Waals surface area (Å²) >= 11 is 6.25. The van der Waals surface area contributed by atoms with Crippen LogP contribution in [0.3, 0.4) is 0 Å². The van der Waals surface area contributed by atoms with Crippen molar-refractivity contribution in [2.75, 3.05) is 0 Å². The Hall–Kier alpha value is -1.88. The summed E-state index contributed by atoms with van der Waals surface area (Å²) in [6, 6.07) is 17.0. The molecule has 0 fully saturated rings. The number of fused-ring (bicyclic) bond motifs is 1. The van der Waals surface area contributed by atoms with Gasteiger partial charge in [0.2, 0.25) is 0 Å². The van der Waals surface area contributed by atoms with Crippen LogP contribution in [-0.4, -0.2) is 22.2 Å². The molecule has 1 aromatic heterocycles. The second-order valence-corrected chi connectivity index (χ2v) is 5.28. The number of rotatable bonds is 3. The average molecular weight is 298 g/mol. The highest BCUT2D eigenvalue weighted by Gasteiger charge is 2.12. The maximum absolute atomic E-state index is 9.25. The Kier molecular flexibility index (Phi) is 3.93. The number of nitrogens with zero attached hydrogens (tertiary/aromatic N) is 1. The Labute approximate surface area is 128 Å². The van der Waals surface area contributed by atoms with Gasteiger partial charge in [-0.2, -0.15) is 0 Å². The van der Waals surface area contributed by atoms with Crippen LogP contribution in [-0.2, 0) is 6.42 Å². The van der Waals surface area contributed by atoms with E-state index in [1.54, 1.807) is 18.2 Å². The van der Waals surface area contributed by atoms with Crippen molar-refractivity contribution >= 4 is 35.1 Å². The van der Waals surface area contributed by atoms with Crippen LogP contribution in [0.4, 0.5) is 0 Å². The van der Waals surface area contributed by atoms with E-state index in [1.807, 2.05) is 36.4 Å². The van der Waals surface area contributed by atoms with E-state index in [2.05, 4.69) is 4.98 Å². The largest absolute Gasteiger partial charge is 0.488 e. The third-order valence-corrected chi connectivity index (χ3v) is 3.73. The molecule has 0 amide bonds. The van der Waals surface area contributed by atoms with Gasteiger partial charge in [0.1, 0.15) is 5.15 Å². The number of halogens is 1. The van der Waals surface area contributed by atoms with Crippen LogP contribution in [0.25, 0.3) is 10.9 Å². The predicted octanol–water partition coefficient (Wildman–Crippen LogP) is 2.16. The molecule has 0 radical (unpaired) electrons. The maximum atomic E-state index is 9.25. The Morgan fingerprint density at radius 1 is 1.00 bits per heavy atom. The fourth-order valence-electron chi connectivity index (χ4n) is 2.32. The first-order chi connectivity index (χ1) is 10.1. The second kappa shape index (κ2) is 5.86. The fraction of sp³-hybridized carbons (Fsp3) is 0.0625. The van der Waals surface area contributed by atoms with E-state index < -0.39 is 7.12 Å². The zero-order valence-corrected chi connectivity index (χ0v) is 12.0. The fourth-order valence-corrected chi connectivity index (χ4v) is 2.53. The molecule has 0 bridgehead atoms. The third kappa shape index (κ3) is 3.08. The van der Waals surface area contributed by atoms with Crippen LogP contribution in [0.5, 0.6) is 0 Å². The van der Waals surface area contributed by atoms with Crippen LogP contribution in [0.1, 0.15) is 11.1 Å². The minimum Gasteiger partial charge on any atom is -0.423 e. The van der Waals surface area contributed by atoms with Crippen molar-refractivity contribution in [2.24, 2.45) is 0 Å². The van der Waals surface area contributed by atoms with Crippen molar-refractivity contribution in [2.45, 2.75) is 6.42 Å². The van der Waals surface area contributed by atoms with Gasteiger partial charge in [0.25, 0.3) is 0 Å². The molecule has 3 nitrogen and oxygen atoms in total. The molecule has 0 unspecified atom stereocenters. The van der Waals surface area contributed by atoms with Gasteiger partial charge in [-0.15, -0.1) is 0 Å². The molecule has 3 rings (SSSR count). The number of benzene rings is 2. The summed E-state index contributed by atoms with van der Waals surface area (Å²) in [6.07, 6.45) is 0.689. The van der Waals surface area contributed by atoms with Gasteiger partial charge in [-0.05, 0) is 28.7 Å². The summed E-state index contributed by atoms with van der Waals surface area (Å²) < 4.78 is 0. The molecule has 0 atom stereocenters. The highest BCUT2D eigenvalue weighted by atomic mass is 35.5. The summed E-state index contributed by atoms with van der Waals surface area (Å²) in [5.41, 5.74) is 3.25. The van der Waals surface area contributed by atoms with Crippen molar-refractivity contribution in [1.29, 1.82) is 0 Å². The molecule has 5 heteroatoms. The van der Waals surface area contributed by atoms with Gasteiger partial charge in [-0.1, -0.05) is 54.1 Å². The Bertz CT molecular complexity index is 778. The molecule has 0 aliphatic heterocycles. The average Bonchev–Trinajstić information content (AvgIpc) is 2.48. The minimum absolute atomic E-state index is 0.442. The molecule has 21 heavy (non-hydrogen) atoms. The number of aromatic nitrogens is 1. The SMILES string of the molecule is OB(O)c1ccc2nc(Cl)c(Cc3ccccc3)cc2c1. The molecule has 104 valence electrons. The summed E-state index contributed by atoms with van der Waals surface area (Å²) in [5, 5.41) is 19.8. The minimum atomic E-state index is -1.48. The molecule has 0 saturated carbocycles. The van der Waals surface area contributed by atoms with Gasteiger partial charge in [0.05, 0.1) is 5.52 Å². The van der Waals surface area contributed by atoms with Crippen LogP contribution < -0.4 is 5.46 Å². The van der Waals surface area contributed by atoms with E-state index in [4.69, 9.17) is 11.6 Å². The van der Waals surface area contributed by atoms with Crippen molar-refractivity contribution in [3.63, 3.8) is 0 Å². The van der Waals surface area contributed by atoms with Gasteiger partial charge in [-0.3, -0.25) is 0 Å². The summed E-state index contributed by atoms with van der Waals surface area (Å²) in [6.45, 7) is 0. The molecular weight excluding hydrogens is 284 g/mol. The van der Waals surface area contributed by atoms with Gasteiger partial charge in [0.15, 0.2) is 0 Å². The highest BCUT2D eigenvalue weighted by molar-refractivity contribution is 6.58. The Morgan fingerprint density at radius 3 is 2.48 bits per heavy atom. The van der Waals surface area contributed by atoms with Crippen molar-refractivity contribution in [3.05, 3.63) is 70.9 Å². The number of hydrogen-bond donors (Lipinski definition) is 2. The molecule has 2 aromatic carbocycles. The van der Waals surface area contributed by atoms with Crippen molar-refractivity contribution in [1.82, 2.24) is 4.98 Å². The van der Waals surface area contributed by atoms with E-state index in [9.17, 15) is 10.0 Å². The molecule has 3 aromatic rings. The van der Waals surface area contributed by atoms with Gasteiger partial charge < -0.3 is 10.0 Å². The summed E-state index contributed by atoms with van der Waals surface area (Å²) in [5.74, 6) is 0. The van der Waals surface area contributed by atoms with Crippen LogP contribution in [0.15, 0.2) is 54.6 Å². The van der Waals surface area contributed by atoms with E-state index in [0.717, 1.165) is 22.0 Å². The second-order valence-electron chi connectivity index (χ2n) is 4.93. The van der Waals surface area contributed by atoms with E-state index in [0.29, 0.717) is 17.0 Å². The highest BCUT2D eigenvalue weighted by Crippen LogP contribution is 2.22. The zero-order chi connectivity index (χ0) is 14.8. The molecule has 0 spiro atoms. The van der Waals surface area contributed by atoms with Crippen molar-refractivity contribution in [3.8, 4) is 0 Å². The molecule has 0 aliphatic rings. The van der Waals surface area contributed by atoms with Crippen molar-refractivity contribution < 1.29 is 10.0 Å². The van der Waals surface area contributed by atoms with Crippen LogP contribution in [0, 0.1) is 0 Å². The first kappa shape index (κ1) is 14.1. The first-order valence-corrected chi connectivity index (χ1v) is 7.00. The lowest BCUT2D eigenvalue weighted by Crippen LogP contribution is -2.29. The molecule has 1 heterocycles. The van der Waals surface area contributed by atoms with Gasteiger partial charge in [-0.25, -0.2) is 4.98 Å². The smallest absolute Gasteiger partial charge is 0.423 e. The monoisotopic (exact) mass is 297 g/mol. The maximum Gasteiger partial charge on any atom is 0.488 e. The lowest BCUT2D eigenvalue weighted by atomic mass is 9.80.